The first-order valence-corrected chi connectivity index (χ1v) is 6.63. The van der Waals surface area contributed by atoms with E-state index in [1.807, 2.05) is 18.2 Å². The summed E-state index contributed by atoms with van der Waals surface area (Å²) in [4.78, 5) is 13.7. The lowest BCUT2D eigenvalue weighted by atomic mass is 10.1. The van der Waals surface area contributed by atoms with E-state index in [0.29, 0.717) is 0 Å². The standard InChI is InChI=1S/C13H16BrN3O/c1-3-5-17(4-2)11-7-10-8(6-9(11)14)12(15)13(18)16-10/h3,6-7,12H,1,4-5,15H2,2H3,(H,16,18). The molecule has 0 saturated carbocycles. The summed E-state index contributed by atoms with van der Waals surface area (Å²) in [5, 5.41) is 2.80. The van der Waals surface area contributed by atoms with Gasteiger partial charge < -0.3 is 16.0 Å². The highest BCUT2D eigenvalue weighted by Crippen LogP contribution is 2.38. The smallest absolute Gasteiger partial charge is 0.245 e. The van der Waals surface area contributed by atoms with Crippen molar-refractivity contribution >= 4 is 33.2 Å². The maximum Gasteiger partial charge on any atom is 0.245 e. The molecule has 0 saturated heterocycles. The second-order valence-electron chi connectivity index (χ2n) is 4.19. The molecule has 96 valence electrons. The van der Waals surface area contributed by atoms with Crippen molar-refractivity contribution in [3.63, 3.8) is 0 Å². The van der Waals surface area contributed by atoms with Crippen LogP contribution in [0.15, 0.2) is 29.3 Å². The SMILES string of the molecule is C=CCN(CC)c1cc2c(cc1Br)C(N)C(=O)N2. The third kappa shape index (κ3) is 2.15. The molecule has 1 aromatic rings. The van der Waals surface area contributed by atoms with Gasteiger partial charge in [-0.25, -0.2) is 0 Å². The molecule has 1 aliphatic heterocycles. The molecule has 0 aliphatic carbocycles. The summed E-state index contributed by atoms with van der Waals surface area (Å²) in [6, 6.07) is 3.30. The van der Waals surface area contributed by atoms with Crippen LogP contribution in [0, 0.1) is 0 Å². The Morgan fingerprint density at radius 1 is 1.61 bits per heavy atom. The molecule has 0 aromatic heterocycles. The van der Waals surface area contributed by atoms with Gasteiger partial charge in [-0.15, -0.1) is 6.58 Å². The van der Waals surface area contributed by atoms with Gasteiger partial charge in [-0.1, -0.05) is 6.08 Å². The number of nitrogens with two attached hydrogens (primary N) is 1. The number of benzene rings is 1. The summed E-state index contributed by atoms with van der Waals surface area (Å²) >= 11 is 3.54. The van der Waals surface area contributed by atoms with Crippen molar-refractivity contribution in [1.82, 2.24) is 0 Å². The Morgan fingerprint density at radius 3 is 2.94 bits per heavy atom. The Morgan fingerprint density at radius 2 is 2.33 bits per heavy atom. The van der Waals surface area contributed by atoms with Crippen LogP contribution in [-0.4, -0.2) is 19.0 Å². The van der Waals surface area contributed by atoms with E-state index in [-0.39, 0.29) is 5.91 Å². The number of nitrogens with one attached hydrogen (secondary N) is 1. The average molecular weight is 310 g/mol. The molecule has 1 aromatic carbocycles. The van der Waals surface area contributed by atoms with Crippen molar-refractivity contribution in [3.05, 3.63) is 34.8 Å². The summed E-state index contributed by atoms with van der Waals surface area (Å²) in [5.74, 6) is -0.152. The van der Waals surface area contributed by atoms with Crippen LogP contribution in [0.1, 0.15) is 18.5 Å². The second kappa shape index (κ2) is 5.12. The van der Waals surface area contributed by atoms with E-state index in [9.17, 15) is 4.79 Å². The van der Waals surface area contributed by atoms with Gasteiger partial charge in [-0.3, -0.25) is 4.79 Å². The van der Waals surface area contributed by atoms with Crippen LogP contribution >= 0.6 is 15.9 Å². The maximum absolute atomic E-state index is 11.5. The predicted octanol–water partition coefficient (Wildman–Crippen LogP) is 2.41. The molecule has 1 heterocycles. The van der Waals surface area contributed by atoms with Gasteiger partial charge in [0.1, 0.15) is 6.04 Å². The lowest BCUT2D eigenvalue weighted by Crippen LogP contribution is -2.23. The molecule has 0 radical (unpaired) electrons. The third-order valence-corrected chi connectivity index (χ3v) is 3.70. The molecular weight excluding hydrogens is 294 g/mol. The topological polar surface area (TPSA) is 58.4 Å². The van der Waals surface area contributed by atoms with Gasteiger partial charge in [-0.05, 0) is 35.0 Å². The number of hydrogen-bond donors (Lipinski definition) is 2. The minimum absolute atomic E-state index is 0.152. The zero-order chi connectivity index (χ0) is 13.3. The lowest BCUT2D eigenvalue weighted by Gasteiger charge is -2.23. The first kappa shape index (κ1) is 13.1. The Labute approximate surface area is 115 Å². The Kier molecular flexibility index (Phi) is 3.73. The highest BCUT2D eigenvalue weighted by molar-refractivity contribution is 9.10. The quantitative estimate of drug-likeness (QED) is 0.840. The molecule has 2 rings (SSSR count). The van der Waals surface area contributed by atoms with Gasteiger partial charge in [0.2, 0.25) is 5.91 Å². The molecule has 3 N–H and O–H groups in total. The van der Waals surface area contributed by atoms with Crippen molar-refractivity contribution in [2.45, 2.75) is 13.0 Å². The minimum atomic E-state index is -0.570. The number of carbonyl (C=O) groups excluding carboxylic acids is 1. The molecule has 0 fully saturated rings. The van der Waals surface area contributed by atoms with Gasteiger partial charge in [0, 0.05) is 28.8 Å². The van der Waals surface area contributed by atoms with Crippen LogP contribution in [0.3, 0.4) is 0 Å². The van der Waals surface area contributed by atoms with E-state index in [0.717, 1.165) is 34.5 Å². The number of fused-ring (bicyclic) bond motifs is 1. The molecule has 4 nitrogen and oxygen atoms in total. The Balaban J connectivity index is 2.43. The summed E-state index contributed by atoms with van der Waals surface area (Å²) in [5.41, 5.74) is 8.48. The van der Waals surface area contributed by atoms with Crippen molar-refractivity contribution in [3.8, 4) is 0 Å². The summed E-state index contributed by atoms with van der Waals surface area (Å²) in [7, 11) is 0. The first-order chi connectivity index (χ1) is 8.58. The highest BCUT2D eigenvalue weighted by atomic mass is 79.9. The molecular formula is C13H16BrN3O. The van der Waals surface area contributed by atoms with Gasteiger partial charge in [-0.2, -0.15) is 0 Å². The number of hydrogen-bond acceptors (Lipinski definition) is 3. The van der Waals surface area contributed by atoms with Crippen molar-refractivity contribution < 1.29 is 4.79 Å². The number of amides is 1. The number of likely N-dealkylation sites (N-methyl/N-ethyl adjacent to an activating group) is 1. The fourth-order valence-corrected chi connectivity index (χ4v) is 2.70. The fourth-order valence-electron chi connectivity index (χ4n) is 2.09. The molecule has 0 bridgehead atoms. The molecule has 1 aliphatic rings. The zero-order valence-corrected chi connectivity index (χ0v) is 11.8. The largest absolute Gasteiger partial charge is 0.367 e. The number of anilines is 2. The summed E-state index contributed by atoms with van der Waals surface area (Å²) < 4.78 is 0.942. The average Bonchev–Trinajstić information content (AvgIpc) is 2.62. The van der Waals surface area contributed by atoms with E-state index in [1.54, 1.807) is 0 Å². The predicted molar refractivity (Wildman–Crippen MR) is 77.8 cm³/mol. The number of carbonyl (C=O) groups is 1. The van der Waals surface area contributed by atoms with Gasteiger partial charge in [0.25, 0.3) is 0 Å². The minimum Gasteiger partial charge on any atom is -0.367 e. The Bertz CT molecular complexity index is 501. The summed E-state index contributed by atoms with van der Waals surface area (Å²) in [6.45, 7) is 7.45. The van der Waals surface area contributed by atoms with E-state index in [2.05, 4.69) is 39.6 Å². The van der Waals surface area contributed by atoms with E-state index in [1.165, 1.54) is 0 Å². The van der Waals surface area contributed by atoms with E-state index >= 15 is 0 Å². The van der Waals surface area contributed by atoms with Crippen LogP contribution in [0.5, 0.6) is 0 Å². The Hall–Kier alpha value is -1.33. The first-order valence-electron chi connectivity index (χ1n) is 5.84. The second-order valence-corrected chi connectivity index (χ2v) is 5.04. The monoisotopic (exact) mass is 309 g/mol. The van der Waals surface area contributed by atoms with E-state index in [4.69, 9.17) is 5.73 Å². The number of rotatable bonds is 4. The van der Waals surface area contributed by atoms with Crippen LogP contribution in [-0.2, 0) is 4.79 Å². The lowest BCUT2D eigenvalue weighted by molar-refractivity contribution is -0.116. The van der Waals surface area contributed by atoms with Gasteiger partial charge in [0.15, 0.2) is 0 Å². The van der Waals surface area contributed by atoms with Crippen molar-refractivity contribution in [2.24, 2.45) is 5.73 Å². The van der Waals surface area contributed by atoms with Crippen molar-refractivity contribution in [1.29, 1.82) is 0 Å². The third-order valence-electron chi connectivity index (χ3n) is 3.07. The molecule has 5 heteroatoms. The fraction of sp³-hybridized carbons (Fsp3) is 0.308. The zero-order valence-electron chi connectivity index (χ0n) is 10.2. The van der Waals surface area contributed by atoms with Crippen LogP contribution in [0.4, 0.5) is 11.4 Å². The molecule has 0 spiro atoms. The van der Waals surface area contributed by atoms with Gasteiger partial charge in [0.05, 0.1) is 5.69 Å². The normalized spacial score (nSPS) is 17.3. The molecule has 1 amide bonds. The van der Waals surface area contributed by atoms with Crippen LogP contribution in [0.2, 0.25) is 0 Å². The van der Waals surface area contributed by atoms with Gasteiger partial charge >= 0.3 is 0 Å². The number of halogens is 1. The van der Waals surface area contributed by atoms with Crippen molar-refractivity contribution in [2.75, 3.05) is 23.3 Å². The van der Waals surface area contributed by atoms with Crippen LogP contribution < -0.4 is 16.0 Å². The molecule has 1 unspecified atom stereocenters. The van der Waals surface area contributed by atoms with E-state index < -0.39 is 6.04 Å². The molecule has 1 atom stereocenters. The number of nitrogens with zero attached hydrogens (tertiary/aromatic N) is 1. The summed E-state index contributed by atoms with van der Waals surface area (Å²) in [6.07, 6.45) is 1.85. The maximum atomic E-state index is 11.5. The van der Waals surface area contributed by atoms with Crippen LogP contribution in [0.25, 0.3) is 0 Å². The molecule has 18 heavy (non-hydrogen) atoms. The highest BCUT2D eigenvalue weighted by Gasteiger charge is 2.28.